The highest BCUT2D eigenvalue weighted by Crippen LogP contribution is 2.47. The Balaban J connectivity index is 1.22. The Morgan fingerprint density at radius 3 is 1.88 bits per heavy atom. The van der Waals surface area contributed by atoms with Crippen LogP contribution in [0.15, 0.2) is 180 Å². The average Bonchev–Trinajstić information content (AvgIpc) is 3.94. The summed E-state index contributed by atoms with van der Waals surface area (Å²) >= 11 is 0. The van der Waals surface area contributed by atoms with E-state index in [1.165, 1.54) is 16.5 Å². The number of pyridine rings is 1. The SMILES string of the molecule is CC(C)(C)c1ccc(-n2c(-c3cc(C(C)(C)C)cc(C(C)(C)C)c3O)nc3c(-c4cc(-c5cc6c(cn5)oc5ccc7ccccc7c56)cc(C(C)(C)c5ccccc5)c4)cccc32)c(-c2ccccc2)c1. The molecule has 0 atom stereocenters. The molecule has 0 fully saturated rings. The Hall–Kier alpha value is -7.76. The molecule has 8 aromatic carbocycles. The largest absolute Gasteiger partial charge is 0.507 e. The molecule has 72 heavy (non-hydrogen) atoms. The number of para-hydroxylation sites is 1. The topological polar surface area (TPSA) is 64.1 Å². The van der Waals surface area contributed by atoms with E-state index in [4.69, 9.17) is 14.4 Å². The van der Waals surface area contributed by atoms with Gasteiger partial charge in [0.15, 0.2) is 5.58 Å². The lowest BCUT2D eigenvalue weighted by Crippen LogP contribution is -2.19. The summed E-state index contributed by atoms with van der Waals surface area (Å²) in [6.45, 7) is 24.6. The van der Waals surface area contributed by atoms with Gasteiger partial charge in [-0.15, -0.1) is 0 Å². The van der Waals surface area contributed by atoms with Gasteiger partial charge in [0.2, 0.25) is 0 Å². The minimum atomic E-state index is -0.380. The van der Waals surface area contributed by atoms with Crippen molar-refractivity contribution >= 4 is 43.7 Å². The Morgan fingerprint density at radius 1 is 0.472 bits per heavy atom. The number of aromatic hydroxyl groups is 1. The number of imidazole rings is 1. The van der Waals surface area contributed by atoms with Crippen LogP contribution in [0.3, 0.4) is 0 Å². The second kappa shape index (κ2) is 16.9. The normalized spacial score (nSPS) is 12.7. The number of furan rings is 1. The third-order valence-electron chi connectivity index (χ3n) is 14.9. The van der Waals surface area contributed by atoms with Crippen molar-refractivity contribution in [2.24, 2.45) is 0 Å². The molecule has 0 saturated carbocycles. The number of hydrogen-bond acceptors (Lipinski definition) is 4. The van der Waals surface area contributed by atoms with Crippen LogP contribution in [0.1, 0.15) is 104 Å². The maximum atomic E-state index is 12.7. The van der Waals surface area contributed by atoms with Crippen molar-refractivity contribution in [3.05, 3.63) is 204 Å². The van der Waals surface area contributed by atoms with Crippen molar-refractivity contribution in [2.75, 3.05) is 0 Å². The number of rotatable bonds is 7. The molecule has 0 saturated heterocycles. The van der Waals surface area contributed by atoms with E-state index < -0.39 is 0 Å². The molecule has 358 valence electrons. The number of phenolic OH excluding ortho intramolecular Hbond substituents is 1. The summed E-state index contributed by atoms with van der Waals surface area (Å²) < 4.78 is 8.74. The van der Waals surface area contributed by atoms with E-state index in [0.717, 1.165) is 94.2 Å². The van der Waals surface area contributed by atoms with Crippen molar-refractivity contribution in [2.45, 2.75) is 97.8 Å². The summed E-state index contributed by atoms with van der Waals surface area (Å²) in [6.07, 6.45) is 1.88. The molecule has 5 nitrogen and oxygen atoms in total. The van der Waals surface area contributed by atoms with Crippen molar-refractivity contribution in [3.8, 4) is 56.3 Å². The van der Waals surface area contributed by atoms with Gasteiger partial charge in [-0.2, -0.15) is 0 Å². The van der Waals surface area contributed by atoms with E-state index in [2.05, 4.69) is 251 Å². The lowest BCUT2D eigenvalue weighted by atomic mass is 9.76. The minimum Gasteiger partial charge on any atom is -0.507 e. The van der Waals surface area contributed by atoms with Gasteiger partial charge in [0, 0.05) is 38.4 Å². The zero-order chi connectivity index (χ0) is 50.5. The number of fused-ring (bicyclic) bond motifs is 6. The fraction of sp³-hybridized carbons (Fsp3) is 0.224. The summed E-state index contributed by atoms with van der Waals surface area (Å²) in [4.78, 5) is 10.9. The summed E-state index contributed by atoms with van der Waals surface area (Å²) in [5.41, 5.74) is 15.7. The molecule has 1 N–H and O–H groups in total. The van der Waals surface area contributed by atoms with E-state index in [1.54, 1.807) is 0 Å². The van der Waals surface area contributed by atoms with E-state index >= 15 is 0 Å². The summed E-state index contributed by atoms with van der Waals surface area (Å²) in [6, 6.07) is 60.9. The van der Waals surface area contributed by atoms with Crippen LogP contribution < -0.4 is 0 Å². The van der Waals surface area contributed by atoms with Crippen LogP contribution in [0.4, 0.5) is 0 Å². The average molecular weight is 942 g/mol. The first-order valence-electron chi connectivity index (χ1n) is 25.3. The summed E-state index contributed by atoms with van der Waals surface area (Å²) in [5, 5.41) is 17.1. The molecule has 3 heterocycles. The Labute approximate surface area is 423 Å². The summed E-state index contributed by atoms with van der Waals surface area (Å²) in [7, 11) is 0. The minimum absolute atomic E-state index is 0.0931. The first-order chi connectivity index (χ1) is 34.3. The second-order valence-electron chi connectivity index (χ2n) is 23.3. The maximum absolute atomic E-state index is 12.7. The van der Waals surface area contributed by atoms with Crippen molar-refractivity contribution < 1.29 is 9.52 Å². The van der Waals surface area contributed by atoms with Gasteiger partial charge in [0.05, 0.1) is 34.2 Å². The van der Waals surface area contributed by atoms with Crippen LogP contribution >= 0.6 is 0 Å². The highest BCUT2D eigenvalue weighted by atomic mass is 16.3. The number of phenols is 1. The standard InChI is InChI=1S/C67H63N3O2/c1-64(2,3)46-30-31-56(51(36-46)41-21-14-12-15-22-41)70-57-28-20-27-50(61(57)69-63(70)53-37-47(65(4,5)6)38-54(62(53)71)66(7,8)9)43-33-44(35-48(34-43)67(10,11)45-24-16-13-17-25-45)55-39-52-59(40-68-55)72-58-32-29-42-23-18-19-26-49(42)60(52)58/h12-40,71H,1-11H3. The number of hydrogen-bond donors (Lipinski definition) is 1. The van der Waals surface area contributed by atoms with Gasteiger partial charge in [-0.1, -0.05) is 197 Å². The molecule has 5 heteroatoms. The van der Waals surface area contributed by atoms with Gasteiger partial charge in [-0.3, -0.25) is 9.55 Å². The van der Waals surface area contributed by atoms with Crippen LogP contribution in [0, 0.1) is 0 Å². The van der Waals surface area contributed by atoms with E-state index in [0.29, 0.717) is 11.4 Å². The van der Waals surface area contributed by atoms with Gasteiger partial charge in [-0.05, 0) is 109 Å². The van der Waals surface area contributed by atoms with Crippen molar-refractivity contribution in [1.29, 1.82) is 0 Å². The number of nitrogens with zero attached hydrogens (tertiary/aromatic N) is 3. The van der Waals surface area contributed by atoms with Crippen LogP contribution in [0.5, 0.6) is 5.75 Å². The summed E-state index contributed by atoms with van der Waals surface area (Å²) in [5.74, 6) is 0.926. The molecular weight excluding hydrogens is 879 g/mol. The molecule has 11 rings (SSSR count). The molecule has 0 unspecified atom stereocenters. The van der Waals surface area contributed by atoms with Gasteiger partial charge < -0.3 is 9.52 Å². The molecular formula is C67H63N3O2. The number of aromatic nitrogens is 3. The lowest BCUT2D eigenvalue weighted by Gasteiger charge is -2.28. The Kier molecular flexibility index (Phi) is 11.0. The zero-order valence-corrected chi connectivity index (χ0v) is 43.4. The van der Waals surface area contributed by atoms with Gasteiger partial charge in [0.1, 0.15) is 17.2 Å². The number of benzene rings is 8. The van der Waals surface area contributed by atoms with E-state index in [9.17, 15) is 5.11 Å². The molecule has 0 amide bonds. The van der Waals surface area contributed by atoms with E-state index in [-0.39, 0.29) is 27.4 Å². The molecule has 0 radical (unpaired) electrons. The zero-order valence-electron chi connectivity index (χ0n) is 43.4. The van der Waals surface area contributed by atoms with Crippen LogP contribution in [-0.4, -0.2) is 19.6 Å². The Bertz CT molecular complexity index is 3890. The predicted octanol–water partition coefficient (Wildman–Crippen LogP) is 18.1. The molecule has 3 aromatic heterocycles. The fourth-order valence-corrected chi connectivity index (χ4v) is 10.5. The fourth-order valence-electron chi connectivity index (χ4n) is 10.5. The van der Waals surface area contributed by atoms with Gasteiger partial charge >= 0.3 is 0 Å². The third kappa shape index (κ3) is 8.05. The van der Waals surface area contributed by atoms with Crippen LogP contribution in [0.2, 0.25) is 0 Å². The van der Waals surface area contributed by atoms with Crippen LogP contribution in [-0.2, 0) is 21.7 Å². The molecule has 11 aromatic rings. The Morgan fingerprint density at radius 2 is 1.15 bits per heavy atom. The molecule has 0 aliphatic heterocycles. The predicted molar refractivity (Wildman–Crippen MR) is 302 cm³/mol. The van der Waals surface area contributed by atoms with Crippen molar-refractivity contribution in [3.63, 3.8) is 0 Å². The van der Waals surface area contributed by atoms with Gasteiger partial charge in [-0.25, -0.2) is 4.98 Å². The first kappa shape index (κ1) is 46.6. The third-order valence-corrected chi connectivity index (χ3v) is 14.9. The smallest absolute Gasteiger partial charge is 0.153 e. The van der Waals surface area contributed by atoms with Crippen molar-refractivity contribution in [1.82, 2.24) is 14.5 Å². The highest BCUT2D eigenvalue weighted by molar-refractivity contribution is 6.19. The highest BCUT2D eigenvalue weighted by Gasteiger charge is 2.31. The molecule has 0 aliphatic rings. The quantitative estimate of drug-likeness (QED) is 0.173. The van der Waals surface area contributed by atoms with Crippen LogP contribution in [0.25, 0.3) is 94.3 Å². The monoisotopic (exact) mass is 941 g/mol. The first-order valence-corrected chi connectivity index (χ1v) is 25.3. The maximum Gasteiger partial charge on any atom is 0.153 e. The molecule has 0 bridgehead atoms. The second-order valence-corrected chi connectivity index (χ2v) is 23.3. The van der Waals surface area contributed by atoms with Gasteiger partial charge in [0.25, 0.3) is 0 Å². The molecule has 0 spiro atoms. The molecule has 0 aliphatic carbocycles. The lowest BCUT2D eigenvalue weighted by molar-refractivity contribution is 0.446. The van der Waals surface area contributed by atoms with E-state index in [1.807, 2.05) is 6.20 Å².